The summed E-state index contributed by atoms with van der Waals surface area (Å²) in [6.45, 7) is 1.97. The lowest BCUT2D eigenvalue weighted by atomic mass is 10.3. The number of aromatic nitrogens is 2. The SMILES string of the molecule is Cc1cnccc1NS(=O)(=O)c1cncc(C#CCN)c1. The second kappa shape index (κ2) is 6.35. The zero-order chi connectivity index (χ0) is 15.3. The molecule has 0 atom stereocenters. The number of hydrogen-bond acceptors (Lipinski definition) is 5. The lowest BCUT2D eigenvalue weighted by Gasteiger charge is -2.09. The molecule has 2 aromatic heterocycles. The number of nitrogens with one attached hydrogen (secondary N) is 1. The van der Waals surface area contributed by atoms with Gasteiger partial charge in [-0.1, -0.05) is 11.8 Å². The highest BCUT2D eigenvalue weighted by Crippen LogP contribution is 2.18. The zero-order valence-corrected chi connectivity index (χ0v) is 12.2. The molecule has 0 aliphatic rings. The van der Waals surface area contributed by atoms with Crippen LogP contribution >= 0.6 is 0 Å². The summed E-state index contributed by atoms with van der Waals surface area (Å²) in [7, 11) is -3.72. The fraction of sp³-hybridized carbons (Fsp3) is 0.143. The van der Waals surface area contributed by atoms with E-state index in [4.69, 9.17) is 5.73 Å². The molecular weight excluding hydrogens is 288 g/mol. The second-order valence-corrected chi connectivity index (χ2v) is 5.89. The van der Waals surface area contributed by atoms with Crippen LogP contribution in [-0.4, -0.2) is 24.9 Å². The number of nitrogens with zero attached hydrogens (tertiary/aromatic N) is 2. The Kier molecular flexibility index (Phi) is 4.52. The van der Waals surface area contributed by atoms with Crippen molar-refractivity contribution in [2.45, 2.75) is 11.8 Å². The largest absolute Gasteiger partial charge is 0.320 e. The summed E-state index contributed by atoms with van der Waals surface area (Å²) in [5.41, 5.74) is 6.99. The van der Waals surface area contributed by atoms with Crippen LogP contribution in [-0.2, 0) is 10.0 Å². The highest BCUT2D eigenvalue weighted by atomic mass is 32.2. The summed E-state index contributed by atoms with van der Waals surface area (Å²) in [5, 5.41) is 0. The van der Waals surface area contributed by atoms with E-state index in [2.05, 4.69) is 26.5 Å². The Morgan fingerprint density at radius 2 is 2.10 bits per heavy atom. The van der Waals surface area contributed by atoms with E-state index in [0.29, 0.717) is 11.3 Å². The average molecular weight is 302 g/mol. The molecule has 0 unspecified atom stereocenters. The van der Waals surface area contributed by atoms with Gasteiger partial charge in [-0.2, -0.15) is 0 Å². The quantitative estimate of drug-likeness (QED) is 0.821. The van der Waals surface area contributed by atoms with Crippen molar-refractivity contribution in [2.75, 3.05) is 11.3 Å². The van der Waals surface area contributed by atoms with Crippen molar-refractivity contribution in [3.63, 3.8) is 0 Å². The van der Waals surface area contributed by atoms with Crippen molar-refractivity contribution in [3.8, 4) is 11.8 Å². The molecule has 2 heterocycles. The lowest BCUT2D eigenvalue weighted by molar-refractivity contribution is 0.600. The molecule has 0 spiro atoms. The minimum absolute atomic E-state index is 0.0440. The van der Waals surface area contributed by atoms with Crippen LogP contribution in [0.1, 0.15) is 11.1 Å². The minimum Gasteiger partial charge on any atom is -0.320 e. The highest BCUT2D eigenvalue weighted by molar-refractivity contribution is 7.92. The number of hydrogen-bond donors (Lipinski definition) is 2. The normalized spacial score (nSPS) is 10.6. The standard InChI is InChI=1S/C14H14N4O2S/c1-11-8-16-6-4-14(11)18-21(19,20)13-7-12(3-2-5-15)9-17-10-13/h4,6-10H,5,15H2,1H3,(H,16,18). The Morgan fingerprint density at radius 3 is 2.81 bits per heavy atom. The van der Waals surface area contributed by atoms with Crippen molar-refractivity contribution in [1.29, 1.82) is 0 Å². The monoisotopic (exact) mass is 302 g/mol. The van der Waals surface area contributed by atoms with E-state index in [0.717, 1.165) is 5.56 Å². The van der Waals surface area contributed by atoms with Gasteiger partial charge < -0.3 is 5.73 Å². The molecule has 0 amide bonds. The van der Waals surface area contributed by atoms with Gasteiger partial charge in [0.15, 0.2) is 0 Å². The van der Waals surface area contributed by atoms with E-state index in [1.165, 1.54) is 24.7 Å². The molecule has 0 saturated carbocycles. The Hall–Kier alpha value is -2.43. The van der Waals surface area contributed by atoms with Crippen LogP contribution in [0, 0.1) is 18.8 Å². The third-order valence-corrected chi connectivity index (χ3v) is 3.96. The van der Waals surface area contributed by atoms with Crippen molar-refractivity contribution in [2.24, 2.45) is 5.73 Å². The maximum absolute atomic E-state index is 12.3. The first-order valence-corrected chi connectivity index (χ1v) is 7.58. The third-order valence-electron chi connectivity index (χ3n) is 2.62. The van der Waals surface area contributed by atoms with Crippen LogP contribution in [0.2, 0.25) is 0 Å². The third kappa shape index (κ3) is 3.78. The van der Waals surface area contributed by atoms with E-state index in [1.54, 1.807) is 19.2 Å². The smallest absolute Gasteiger partial charge is 0.263 e. The van der Waals surface area contributed by atoms with Crippen LogP contribution in [0.15, 0.2) is 41.8 Å². The van der Waals surface area contributed by atoms with Crippen molar-refractivity contribution >= 4 is 15.7 Å². The minimum atomic E-state index is -3.72. The summed E-state index contributed by atoms with van der Waals surface area (Å²) in [4.78, 5) is 7.86. The van der Waals surface area contributed by atoms with E-state index < -0.39 is 10.0 Å². The molecule has 2 aromatic rings. The highest BCUT2D eigenvalue weighted by Gasteiger charge is 2.16. The zero-order valence-electron chi connectivity index (χ0n) is 11.4. The van der Waals surface area contributed by atoms with E-state index in [-0.39, 0.29) is 11.4 Å². The number of rotatable bonds is 3. The predicted molar refractivity (Wildman–Crippen MR) is 80.0 cm³/mol. The van der Waals surface area contributed by atoms with Gasteiger partial charge in [0.25, 0.3) is 10.0 Å². The topological polar surface area (TPSA) is 98.0 Å². The van der Waals surface area contributed by atoms with Gasteiger partial charge in [-0.05, 0) is 24.6 Å². The van der Waals surface area contributed by atoms with Gasteiger partial charge in [-0.3, -0.25) is 14.7 Å². The number of sulfonamides is 1. The molecule has 6 nitrogen and oxygen atoms in total. The maximum Gasteiger partial charge on any atom is 0.263 e. The first-order valence-electron chi connectivity index (χ1n) is 6.10. The molecule has 0 aliphatic heterocycles. The first-order chi connectivity index (χ1) is 10.0. The lowest BCUT2D eigenvalue weighted by Crippen LogP contribution is -2.14. The van der Waals surface area contributed by atoms with Gasteiger partial charge >= 0.3 is 0 Å². The molecule has 3 N–H and O–H groups in total. The fourth-order valence-corrected chi connectivity index (χ4v) is 2.70. The molecule has 108 valence electrons. The van der Waals surface area contributed by atoms with E-state index in [9.17, 15) is 8.42 Å². The van der Waals surface area contributed by atoms with Crippen LogP contribution in [0.4, 0.5) is 5.69 Å². The van der Waals surface area contributed by atoms with Crippen LogP contribution < -0.4 is 10.5 Å². The Balaban J connectivity index is 2.34. The van der Waals surface area contributed by atoms with Gasteiger partial charge in [-0.15, -0.1) is 0 Å². The summed E-state index contributed by atoms with van der Waals surface area (Å²) >= 11 is 0. The van der Waals surface area contributed by atoms with Crippen LogP contribution in [0.25, 0.3) is 0 Å². The van der Waals surface area contributed by atoms with Gasteiger partial charge in [0.1, 0.15) is 4.90 Å². The number of anilines is 1. The fourth-order valence-electron chi connectivity index (χ4n) is 1.58. The molecule has 2 rings (SSSR count). The van der Waals surface area contributed by atoms with E-state index >= 15 is 0 Å². The molecule has 0 bridgehead atoms. The van der Waals surface area contributed by atoms with Gasteiger partial charge in [0, 0.05) is 30.4 Å². The molecular formula is C14H14N4O2S. The van der Waals surface area contributed by atoms with Gasteiger partial charge in [0.05, 0.1) is 12.2 Å². The van der Waals surface area contributed by atoms with Crippen LogP contribution in [0.5, 0.6) is 0 Å². The summed E-state index contributed by atoms with van der Waals surface area (Å²) in [6, 6.07) is 3.05. The Bertz CT molecular complexity index is 807. The summed E-state index contributed by atoms with van der Waals surface area (Å²) in [5.74, 6) is 5.41. The van der Waals surface area contributed by atoms with Crippen molar-refractivity contribution < 1.29 is 8.42 Å². The molecule has 7 heteroatoms. The molecule has 0 radical (unpaired) electrons. The van der Waals surface area contributed by atoms with Gasteiger partial charge in [-0.25, -0.2) is 8.42 Å². The van der Waals surface area contributed by atoms with E-state index in [1.807, 2.05) is 0 Å². The number of nitrogens with two attached hydrogens (primary N) is 1. The molecule has 21 heavy (non-hydrogen) atoms. The van der Waals surface area contributed by atoms with Crippen molar-refractivity contribution in [1.82, 2.24) is 9.97 Å². The molecule has 0 fully saturated rings. The molecule has 0 aliphatic carbocycles. The average Bonchev–Trinajstić information content (AvgIpc) is 2.48. The summed E-state index contributed by atoms with van der Waals surface area (Å²) in [6.07, 6.45) is 5.86. The van der Waals surface area contributed by atoms with Crippen molar-refractivity contribution in [3.05, 3.63) is 48.0 Å². The summed E-state index contributed by atoms with van der Waals surface area (Å²) < 4.78 is 27.2. The Morgan fingerprint density at radius 1 is 1.29 bits per heavy atom. The second-order valence-electron chi connectivity index (χ2n) is 4.21. The maximum atomic E-state index is 12.3. The van der Waals surface area contributed by atoms with Crippen LogP contribution in [0.3, 0.4) is 0 Å². The molecule has 0 saturated heterocycles. The predicted octanol–water partition coefficient (Wildman–Crippen LogP) is 0.896. The first kappa shape index (κ1) is 15.0. The van der Waals surface area contributed by atoms with Gasteiger partial charge in [0.2, 0.25) is 0 Å². The number of pyridine rings is 2. The number of aryl methyl sites for hydroxylation is 1. The Labute approximate surface area is 123 Å². The molecule has 0 aromatic carbocycles.